The van der Waals surface area contributed by atoms with E-state index >= 15 is 0 Å². The Hall–Kier alpha value is -1.29. The molecule has 1 aromatic heterocycles. The molecule has 1 aliphatic rings. The first-order valence-corrected chi connectivity index (χ1v) is 5.78. The standard InChI is InChI=1S/C12H19N3O/c1-9-5-6-10(2)15(9)14-11(16)12(13)7-3-4-8-12/h5-6H,3-4,7-8,13H2,1-2H3,(H,14,16). The van der Waals surface area contributed by atoms with Gasteiger partial charge in [0.05, 0.1) is 5.54 Å². The number of carbonyl (C=O) groups excluding carboxylic acids is 1. The number of hydrogen-bond acceptors (Lipinski definition) is 2. The van der Waals surface area contributed by atoms with Crippen molar-refractivity contribution in [2.75, 3.05) is 5.43 Å². The highest BCUT2D eigenvalue weighted by Gasteiger charge is 2.37. The summed E-state index contributed by atoms with van der Waals surface area (Å²) >= 11 is 0. The minimum absolute atomic E-state index is 0.0626. The summed E-state index contributed by atoms with van der Waals surface area (Å²) in [6, 6.07) is 3.96. The molecule has 88 valence electrons. The minimum atomic E-state index is -0.664. The number of aromatic nitrogens is 1. The van der Waals surface area contributed by atoms with Gasteiger partial charge in [0.2, 0.25) is 0 Å². The predicted molar refractivity (Wildman–Crippen MR) is 63.7 cm³/mol. The Bertz CT molecular complexity index is 383. The van der Waals surface area contributed by atoms with Gasteiger partial charge in [0, 0.05) is 11.4 Å². The van der Waals surface area contributed by atoms with Crippen LogP contribution in [0.2, 0.25) is 0 Å². The zero-order valence-electron chi connectivity index (χ0n) is 9.92. The van der Waals surface area contributed by atoms with Crippen LogP contribution < -0.4 is 11.2 Å². The largest absolute Gasteiger partial charge is 0.317 e. The molecular formula is C12H19N3O. The summed E-state index contributed by atoms with van der Waals surface area (Å²) in [5.41, 5.74) is 10.4. The number of nitrogens with two attached hydrogens (primary N) is 1. The van der Waals surface area contributed by atoms with Crippen LogP contribution in [0, 0.1) is 13.8 Å². The summed E-state index contributed by atoms with van der Waals surface area (Å²) in [5.74, 6) is -0.0626. The molecule has 4 nitrogen and oxygen atoms in total. The van der Waals surface area contributed by atoms with E-state index < -0.39 is 5.54 Å². The molecule has 0 radical (unpaired) electrons. The first-order valence-electron chi connectivity index (χ1n) is 5.78. The van der Waals surface area contributed by atoms with E-state index in [9.17, 15) is 4.79 Å². The van der Waals surface area contributed by atoms with Crippen LogP contribution in [0.25, 0.3) is 0 Å². The van der Waals surface area contributed by atoms with Gasteiger partial charge in [-0.2, -0.15) is 0 Å². The molecule has 2 rings (SSSR count). The second-order valence-corrected chi connectivity index (χ2v) is 4.76. The number of amides is 1. The first kappa shape index (κ1) is 11.2. The average molecular weight is 221 g/mol. The summed E-state index contributed by atoms with van der Waals surface area (Å²) in [7, 11) is 0. The van der Waals surface area contributed by atoms with Crippen molar-refractivity contribution < 1.29 is 4.79 Å². The third kappa shape index (κ3) is 1.85. The number of rotatable bonds is 2. The molecule has 3 N–H and O–H groups in total. The van der Waals surface area contributed by atoms with Gasteiger partial charge >= 0.3 is 0 Å². The van der Waals surface area contributed by atoms with Crippen molar-refractivity contribution in [3.8, 4) is 0 Å². The monoisotopic (exact) mass is 221 g/mol. The predicted octanol–water partition coefficient (Wildman–Crippen LogP) is 1.45. The molecule has 16 heavy (non-hydrogen) atoms. The van der Waals surface area contributed by atoms with Crippen LogP contribution in [0.15, 0.2) is 12.1 Å². The van der Waals surface area contributed by atoms with Gasteiger partial charge in [-0.3, -0.25) is 14.9 Å². The van der Waals surface area contributed by atoms with E-state index in [2.05, 4.69) is 5.43 Å². The van der Waals surface area contributed by atoms with Crippen LogP contribution in [-0.4, -0.2) is 16.1 Å². The molecule has 1 aromatic rings. The maximum absolute atomic E-state index is 12.1. The Labute approximate surface area is 95.8 Å². The second kappa shape index (κ2) is 3.94. The molecular weight excluding hydrogens is 202 g/mol. The Balaban J connectivity index is 2.13. The first-order chi connectivity index (χ1) is 7.53. The lowest BCUT2D eigenvalue weighted by atomic mass is 9.99. The fraction of sp³-hybridized carbons (Fsp3) is 0.583. The average Bonchev–Trinajstić information content (AvgIpc) is 2.80. The minimum Gasteiger partial charge on any atom is -0.317 e. The third-order valence-corrected chi connectivity index (χ3v) is 3.43. The molecule has 0 unspecified atom stereocenters. The molecule has 1 saturated carbocycles. The van der Waals surface area contributed by atoms with E-state index in [1.165, 1.54) is 0 Å². The van der Waals surface area contributed by atoms with E-state index in [-0.39, 0.29) is 5.91 Å². The van der Waals surface area contributed by atoms with Crippen LogP contribution in [0.4, 0.5) is 0 Å². The summed E-state index contributed by atoms with van der Waals surface area (Å²) in [4.78, 5) is 12.1. The maximum Gasteiger partial charge on any atom is 0.258 e. The molecule has 1 fully saturated rings. The molecule has 0 spiro atoms. The van der Waals surface area contributed by atoms with E-state index in [1.807, 2.05) is 26.0 Å². The fourth-order valence-corrected chi connectivity index (χ4v) is 2.29. The van der Waals surface area contributed by atoms with Gasteiger partial charge in [-0.25, -0.2) is 0 Å². The van der Waals surface area contributed by atoms with E-state index in [0.29, 0.717) is 0 Å². The molecule has 1 amide bonds. The molecule has 0 bridgehead atoms. The summed E-state index contributed by atoms with van der Waals surface area (Å²) in [5, 5.41) is 0. The van der Waals surface area contributed by atoms with Crippen molar-refractivity contribution in [2.24, 2.45) is 5.73 Å². The van der Waals surface area contributed by atoms with Crippen molar-refractivity contribution in [3.63, 3.8) is 0 Å². The number of nitrogens with one attached hydrogen (secondary N) is 1. The highest BCUT2D eigenvalue weighted by atomic mass is 16.2. The third-order valence-electron chi connectivity index (χ3n) is 3.43. The van der Waals surface area contributed by atoms with Crippen LogP contribution in [-0.2, 0) is 4.79 Å². The normalized spacial score (nSPS) is 18.7. The number of aryl methyl sites for hydroxylation is 2. The van der Waals surface area contributed by atoms with Crippen molar-refractivity contribution in [1.82, 2.24) is 4.68 Å². The van der Waals surface area contributed by atoms with Crippen molar-refractivity contribution in [1.29, 1.82) is 0 Å². The Morgan fingerprint density at radius 2 is 1.81 bits per heavy atom. The van der Waals surface area contributed by atoms with Gasteiger partial charge in [0.25, 0.3) is 5.91 Å². The zero-order chi connectivity index (χ0) is 11.8. The lowest BCUT2D eigenvalue weighted by Crippen LogP contribution is -2.51. The second-order valence-electron chi connectivity index (χ2n) is 4.76. The fourth-order valence-electron chi connectivity index (χ4n) is 2.29. The maximum atomic E-state index is 12.1. The number of hydrogen-bond donors (Lipinski definition) is 2. The molecule has 0 saturated heterocycles. The van der Waals surface area contributed by atoms with Crippen LogP contribution in [0.1, 0.15) is 37.1 Å². The number of nitrogens with zero attached hydrogens (tertiary/aromatic N) is 1. The Morgan fingerprint density at radius 3 is 2.31 bits per heavy atom. The van der Waals surface area contributed by atoms with E-state index in [1.54, 1.807) is 4.68 Å². The highest BCUT2D eigenvalue weighted by molar-refractivity contribution is 5.93. The topological polar surface area (TPSA) is 60.0 Å². The molecule has 4 heteroatoms. The van der Waals surface area contributed by atoms with Crippen LogP contribution >= 0.6 is 0 Å². The summed E-state index contributed by atoms with van der Waals surface area (Å²) in [6.45, 7) is 3.93. The number of carbonyl (C=O) groups is 1. The Kier molecular flexibility index (Phi) is 2.76. The summed E-state index contributed by atoms with van der Waals surface area (Å²) in [6.07, 6.45) is 3.68. The van der Waals surface area contributed by atoms with E-state index in [0.717, 1.165) is 37.1 Å². The van der Waals surface area contributed by atoms with Gasteiger partial charge in [0.1, 0.15) is 0 Å². The van der Waals surface area contributed by atoms with Gasteiger partial charge in [0.15, 0.2) is 0 Å². The van der Waals surface area contributed by atoms with Crippen molar-refractivity contribution in [2.45, 2.75) is 45.1 Å². The van der Waals surface area contributed by atoms with Gasteiger partial charge in [-0.15, -0.1) is 0 Å². The summed E-state index contributed by atoms with van der Waals surface area (Å²) < 4.78 is 1.80. The smallest absolute Gasteiger partial charge is 0.258 e. The van der Waals surface area contributed by atoms with Crippen LogP contribution in [0.3, 0.4) is 0 Å². The molecule has 1 aliphatic carbocycles. The Morgan fingerprint density at radius 1 is 1.31 bits per heavy atom. The SMILES string of the molecule is Cc1ccc(C)n1NC(=O)C1(N)CCCC1. The quantitative estimate of drug-likeness (QED) is 0.794. The van der Waals surface area contributed by atoms with E-state index in [4.69, 9.17) is 5.73 Å². The molecule has 0 aliphatic heterocycles. The molecule has 1 heterocycles. The zero-order valence-corrected chi connectivity index (χ0v) is 9.92. The molecule has 0 aromatic carbocycles. The highest BCUT2D eigenvalue weighted by Crippen LogP contribution is 2.27. The van der Waals surface area contributed by atoms with Crippen molar-refractivity contribution in [3.05, 3.63) is 23.5 Å². The lowest BCUT2D eigenvalue weighted by molar-refractivity contribution is -0.122. The molecule has 0 atom stereocenters. The van der Waals surface area contributed by atoms with Gasteiger partial charge < -0.3 is 5.73 Å². The van der Waals surface area contributed by atoms with Gasteiger partial charge in [-0.1, -0.05) is 12.8 Å². The van der Waals surface area contributed by atoms with Crippen LogP contribution in [0.5, 0.6) is 0 Å². The van der Waals surface area contributed by atoms with Crippen molar-refractivity contribution >= 4 is 5.91 Å². The van der Waals surface area contributed by atoms with Gasteiger partial charge in [-0.05, 0) is 38.8 Å². The lowest BCUT2D eigenvalue weighted by Gasteiger charge is -2.23.